The van der Waals surface area contributed by atoms with Crippen LogP contribution in [0.3, 0.4) is 0 Å². The van der Waals surface area contributed by atoms with Crippen molar-refractivity contribution >= 4 is 28.2 Å². The molecule has 8 heteroatoms. The summed E-state index contributed by atoms with van der Waals surface area (Å²) in [5, 5.41) is 2.25. The van der Waals surface area contributed by atoms with Gasteiger partial charge < -0.3 is 17.2 Å². The molecule has 6 N–H and O–H groups in total. The second-order valence-electron chi connectivity index (χ2n) is 5.45. The van der Waals surface area contributed by atoms with E-state index >= 15 is 0 Å². The molecule has 2 aromatic rings. The Balaban J connectivity index is 1.97. The van der Waals surface area contributed by atoms with Crippen molar-refractivity contribution in [2.24, 2.45) is 28.1 Å². The van der Waals surface area contributed by atoms with Gasteiger partial charge in [0.15, 0.2) is 11.7 Å². The van der Waals surface area contributed by atoms with Crippen LogP contribution in [0.4, 0.5) is 5.13 Å². The molecule has 0 aliphatic heterocycles. The Kier molecular flexibility index (Phi) is 4.35. The number of carbonyl (C=O) groups is 1. The molecule has 1 saturated carbocycles. The average molecular weight is 330 g/mol. The van der Waals surface area contributed by atoms with Crippen LogP contribution < -0.4 is 17.2 Å². The highest BCUT2D eigenvalue weighted by atomic mass is 32.1. The Bertz CT molecular complexity index is 761. The predicted octanol–water partition coefficient (Wildman–Crippen LogP) is 1.55. The van der Waals surface area contributed by atoms with Crippen LogP contribution in [0.5, 0.6) is 0 Å². The summed E-state index contributed by atoms with van der Waals surface area (Å²) in [4.78, 5) is 25.2. The minimum Gasteiger partial charge on any atom is -0.370 e. The number of pyridine rings is 1. The quantitative estimate of drug-likeness (QED) is 0.433. The normalized spacial score (nSPS) is 14.3. The third-order valence-corrected chi connectivity index (χ3v) is 4.62. The number of rotatable bonds is 5. The van der Waals surface area contributed by atoms with E-state index in [1.807, 2.05) is 6.07 Å². The van der Waals surface area contributed by atoms with Gasteiger partial charge in [0.25, 0.3) is 0 Å². The maximum Gasteiger partial charge on any atom is 0.212 e. The van der Waals surface area contributed by atoms with E-state index in [0.29, 0.717) is 28.8 Å². The number of thiazole rings is 1. The number of aliphatic imine (C=N–C) groups is 1. The molecule has 1 fully saturated rings. The minimum atomic E-state index is -0.0492. The number of aromatic nitrogens is 2. The highest BCUT2D eigenvalue weighted by Crippen LogP contribution is 2.31. The lowest BCUT2D eigenvalue weighted by atomic mass is 9.81. The Labute approximate surface area is 137 Å². The van der Waals surface area contributed by atoms with Gasteiger partial charge in [0.1, 0.15) is 11.4 Å². The van der Waals surface area contributed by atoms with Crippen molar-refractivity contribution in [2.75, 3.05) is 0 Å². The Hall–Kier alpha value is -2.32. The molecular weight excluding hydrogens is 312 g/mol. The van der Waals surface area contributed by atoms with Gasteiger partial charge in [0.05, 0.1) is 5.69 Å². The molecule has 0 bridgehead atoms. The van der Waals surface area contributed by atoms with E-state index in [2.05, 4.69) is 15.0 Å². The number of nitrogens with zero attached hydrogens (tertiary/aromatic N) is 3. The number of carbonyl (C=O) groups excluding carboxylic acids is 1. The number of nitrogens with two attached hydrogens (primary N) is 3. The van der Waals surface area contributed by atoms with Crippen molar-refractivity contribution in [1.82, 2.24) is 9.97 Å². The monoisotopic (exact) mass is 330 g/mol. The first-order chi connectivity index (χ1) is 11.1. The summed E-state index contributed by atoms with van der Waals surface area (Å²) < 4.78 is 0. The summed E-state index contributed by atoms with van der Waals surface area (Å²) in [5.74, 6) is 0.152. The SMILES string of the molecule is NCc1ccc(C(=O)C2CCC2)nc1-c1csc(N=C(N)N)n1. The molecule has 120 valence electrons. The van der Waals surface area contributed by atoms with Crippen LogP contribution in [-0.4, -0.2) is 21.7 Å². The summed E-state index contributed by atoms with van der Waals surface area (Å²) in [6.07, 6.45) is 3.00. The minimum absolute atomic E-state index is 0.0492. The smallest absolute Gasteiger partial charge is 0.212 e. The average Bonchev–Trinajstić information content (AvgIpc) is 2.92. The van der Waals surface area contributed by atoms with Gasteiger partial charge in [-0.15, -0.1) is 11.3 Å². The third kappa shape index (κ3) is 3.22. The zero-order valence-corrected chi connectivity index (χ0v) is 13.3. The highest BCUT2D eigenvalue weighted by Gasteiger charge is 2.27. The van der Waals surface area contributed by atoms with Crippen molar-refractivity contribution in [3.63, 3.8) is 0 Å². The second kappa shape index (κ2) is 6.43. The highest BCUT2D eigenvalue weighted by molar-refractivity contribution is 7.13. The predicted molar refractivity (Wildman–Crippen MR) is 90.4 cm³/mol. The number of ketones is 1. The Morgan fingerprint density at radius 1 is 1.30 bits per heavy atom. The fraction of sp³-hybridized carbons (Fsp3) is 0.333. The molecule has 0 amide bonds. The van der Waals surface area contributed by atoms with Crippen molar-refractivity contribution < 1.29 is 4.79 Å². The fourth-order valence-electron chi connectivity index (χ4n) is 2.43. The van der Waals surface area contributed by atoms with Crippen molar-refractivity contribution in [3.05, 3.63) is 28.8 Å². The van der Waals surface area contributed by atoms with Gasteiger partial charge in [-0.25, -0.2) is 9.97 Å². The van der Waals surface area contributed by atoms with Gasteiger partial charge in [-0.1, -0.05) is 12.5 Å². The molecule has 0 atom stereocenters. The van der Waals surface area contributed by atoms with Crippen LogP contribution in [0.2, 0.25) is 0 Å². The van der Waals surface area contributed by atoms with Crippen LogP contribution in [-0.2, 0) is 6.54 Å². The molecule has 23 heavy (non-hydrogen) atoms. The zero-order valence-electron chi connectivity index (χ0n) is 12.5. The van der Waals surface area contributed by atoms with E-state index in [1.165, 1.54) is 11.3 Å². The van der Waals surface area contributed by atoms with Gasteiger partial charge in [-0.2, -0.15) is 4.99 Å². The van der Waals surface area contributed by atoms with E-state index in [-0.39, 0.29) is 17.7 Å². The largest absolute Gasteiger partial charge is 0.370 e. The number of hydrogen-bond donors (Lipinski definition) is 3. The summed E-state index contributed by atoms with van der Waals surface area (Å²) in [7, 11) is 0. The molecule has 0 spiro atoms. The first kappa shape index (κ1) is 15.6. The molecule has 1 aliphatic rings. The first-order valence-electron chi connectivity index (χ1n) is 7.38. The maximum absolute atomic E-state index is 12.4. The molecule has 1 aliphatic carbocycles. The van der Waals surface area contributed by atoms with Crippen LogP contribution in [0, 0.1) is 5.92 Å². The number of guanidine groups is 1. The van der Waals surface area contributed by atoms with Crippen LogP contribution in [0.25, 0.3) is 11.4 Å². The molecule has 0 radical (unpaired) electrons. The zero-order chi connectivity index (χ0) is 16.4. The lowest BCUT2D eigenvalue weighted by Gasteiger charge is -2.23. The number of hydrogen-bond acceptors (Lipinski definition) is 6. The molecule has 2 aromatic heterocycles. The third-order valence-electron chi connectivity index (χ3n) is 3.89. The van der Waals surface area contributed by atoms with E-state index in [9.17, 15) is 4.79 Å². The standard InChI is InChI=1S/C15H18N6OS/c16-6-9-4-5-10(13(22)8-2-1-3-8)19-12(9)11-7-23-15(20-11)21-14(17)18/h4-5,7-8H,1-3,6,16H2,(H4,17,18,20,21). The summed E-state index contributed by atoms with van der Waals surface area (Å²) in [6.45, 7) is 0.315. The topological polar surface area (TPSA) is 133 Å². The van der Waals surface area contributed by atoms with Crippen molar-refractivity contribution in [3.8, 4) is 11.4 Å². The lowest BCUT2D eigenvalue weighted by Crippen LogP contribution is -2.23. The van der Waals surface area contributed by atoms with E-state index < -0.39 is 0 Å². The number of Topliss-reactive ketones (excluding diaryl/α,β-unsaturated/α-hetero) is 1. The maximum atomic E-state index is 12.4. The summed E-state index contributed by atoms with van der Waals surface area (Å²) >= 11 is 1.30. The van der Waals surface area contributed by atoms with Crippen molar-refractivity contribution in [1.29, 1.82) is 0 Å². The molecule has 2 heterocycles. The second-order valence-corrected chi connectivity index (χ2v) is 6.29. The molecule has 0 aromatic carbocycles. The Morgan fingerprint density at radius 2 is 2.09 bits per heavy atom. The molecule has 3 rings (SSSR count). The van der Waals surface area contributed by atoms with Gasteiger partial charge in [-0.3, -0.25) is 4.79 Å². The van der Waals surface area contributed by atoms with E-state index in [4.69, 9.17) is 17.2 Å². The molecule has 0 saturated heterocycles. The summed E-state index contributed by atoms with van der Waals surface area (Å²) in [5.41, 5.74) is 19.0. The molecule has 0 unspecified atom stereocenters. The fourth-order valence-corrected chi connectivity index (χ4v) is 3.12. The van der Waals surface area contributed by atoms with Gasteiger partial charge in [-0.05, 0) is 24.5 Å². The van der Waals surface area contributed by atoms with Gasteiger partial charge in [0, 0.05) is 17.8 Å². The van der Waals surface area contributed by atoms with E-state index in [1.54, 1.807) is 11.4 Å². The van der Waals surface area contributed by atoms with Gasteiger partial charge >= 0.3 is 0 Å². The van der Waals surface area contributed by atoms with Crippen molar-refractivity contribution in [2.45, 2.75) is 25.8 Å². The Morgan fingerprint density at radius 3 is 2.70 bits per heavy atom. The first-order valence-corrected chi connectivity index (χ1v) is 8.26. The summed E-state index contributed by atoms with van der Waals surface area (Å²) in [6, 6.07) is 3.59. The van der Waals surface area contributed by atoms with Gasteiger partial charge in [0.2, 0.25) is 5.13 Å². The van der Waals surface area contributed by atoms with Crippen LogP contribution >= 0.6 is 11.3 Å². The molecule has 7 nitrogen and oxygen atoms in total. The lowest BCUT2D eigenvalue weighted by molar-refractivity contribution is 0.0850. The van der Waals surface area contributed by atoms with E-state index in [0.717, 1.165) is 24.8 Å². The molecular formula is C15H18N6OS. The van der Waals surface area contributed by atoms with Crippen LogP contribution in [0.15, 0.2) is 22.5 Å². The van der Waals surface area contributed by atoms with Crippen LogP contribution in [0.1, 0.15) is 35.3 Å².